The topological polar surface area (TPSA) is 63.7 Å². The third kappa shape index (κ3) is 4.23. The number of sulfone groups is 1. The monoisotopic (exact) mass is 427 g/mol. The van der Waals surface area contributed by atoms with Gasteiger partial charge in [-0.1, -0.05) is 41.4 Å². The third-order valence-corrected chi connectivity index (χ3v) is 7.36. The van der Waals surface area contributed by atoms with Crippen LogP contribution in [-0.4, -0.2) is 45.2 Å². The fourth-order valence-corrected chi connectivity index (χ4v) is 5.57. The van der Waals surface area contributed by atoms with Crippen LogP contribution in [0.3, 0.4) is 0 Å². The molecule has 3 rings (SSSR count). The van der Waals surface area contributed by atoms with Gasteiger partial charge in [0.25, 0.3) is 5.91 Å². The van der Waals surface area contributed by atoms with Gasteiger partial charge in [-0.15, -0.1) is 0 Å². The molecule has 1 amide bonds. The Balaban J connectivity index is 1.89. The molecule has 1 aliphatic rings. The number of benzene rings is 2. The molecular weight excluding hydrogens is 409 g/mol. The summed E-state index contributed by atoms with van der Waals surface area (Å²) in [5, 5.41) is 0.100. The van der Waals surface area contributed by atoms with E-state index in [1.165, 1.54) is 18.1 Å². The lowest BCUT2D eigenvalue weighted by atomic mass is 10.1. The van der Waals surface area contributed by atoms with Crippen LogP contribution in [0.4, 0.5) is 0 Å². The molecule has 0 saturated carbocycles. The average Bonchev–Trinajstić information content (AvgIpc) is 2.80. The average molecular weight is 428 g/mol. The van der Waals surface area contributed by atoms with E-state index in [4.69, 9.17) is 27.9 Å². The quantitative estimate of drug-likeness (QED) is 0.742. The molecule has 1 fully saturated rings. The molecule has 1 aliphatic heterocycles. The number of ether oxygens (including phenoxy) is 1. The molecule has 144 valence electrons. The van der Waals surface area contributed by atoms with Crippen molar-refractivity contribution < 1.29 is 17.9 Å². The van der Waals surface area contributed by atoms with E-state index in [-0.39, 0.29) is 24.6 Å². The lowest BCUT2D eigenvalue weighted by molar-refractivity contribution is 0.0763. The zero-order chi connectivity index (χ0) is 19.6. The van der Waals surface area contributed by atoms with Gasteiger partial charge in [0.05, 0.1) is 23.7 Å². The van der Waals surface area contributed by atoms with Crippen molar-refractivity contribution in [2.75, 3.05) is 26.0 Å². The molecule has 0 bridgehead atoms. The highest BCUT2D eigenvalue weighted by atomic mass is 35.5. The summed E-state index contributed by atoms with van der Waals surface area (Å²) in [6, 6.07) is 11.7. The first-order valence-corrected chi connectivity index (χ1v) is 10.9. The smallest absolute Gasteiger partial charge is 0.257 e. The predicted molar refractivity (Wildman–Crippen MR) is 107 cm³/mol. The Hall–Kier alpha value is -1.76. The van der Waals surface area contributed by atoms with E-state index in [1.54, 1.807) is 36.4 Å². The van der Waals surface area contributed by atoms with Gasteiger partial charge in [0, 0.05) is 23.1 Å². The molecule has 1 unspecified atom stereocenters. The first kappa shape index (κ1) is 20.0. The maximum absolute atomic E-state index is 13.0. The van der Waals surface area contributed by atoms with E-state index in [9.17, 15) is 13.2 Å². The van der Waals surface area contributed by atoms with Crippen LogP contribution in [0.25, 0.3) is 0 Å². The van der Waals surface area contributed by atoms with Crippen molar-refractivity contribution in [1.82, 2.24) is 4.90 Å². The van der Waals surface area contributed by atoms with Gasteiger partial charge in [0.2, 0.25) is 0 Å². The minimum atomic E-state index is -3.44. The van der Waals surface area contributed by atoms with Crippen LogP contribution < -0.4 is 4.74 Å². The minimum Gasteiger partial charge on any atom is -0.496 e. The number of amides is 1. The van der Waals surface area contributed by atoms with Gasteiger partial charge in [0.1, 0.15) is 5.75 Å². The van der Waals surface area contributed by atoms with Crippen LogP contribution in [-0.2, 0) is 9.84 Å². The van der Waals surface area contributed by atoms with Gasteiger partial charge in [-0.25, -0.2) is 8.42 Å². The number of nitrogens with zero attached hydrogens (tertiary/aromatic N) is 1. The predicted octanol–water partition coefficient (Wildman–Crippen LogP) is 4.00. The summed E-state index contributed by atoms with van der Waals surface area (Å²) in [4.78, 5) is 14.5. The molecule has 0 N–H and O–H groups in total. The van der Waals surface area contributed by atoms with Crippen molar-refractivity contribution in [3.8, 4) is 5.75 Å². The van der Waals surface area contributed by atoms with Crippen LogP contribution >= 0.6 is 23.2 Å². The molecule has 5 nitrogen and oxygen atoms in total. The van der Waals surface area contributed by atoms with Crippen molar-refractivity contribution >= 4 is 38.9 Å². The number of rotatable bonds is 3. The molecule has 8 heteroatoms. The van der Waals surface area contributed by atoms with E-state index < -0.39 is 15.1 Å². The first-order valence-electron chi connectivity index (χ1n) is 8.42. The van der Waals surface area contributed by atoms with Crippen molar-refractivity contribution in [3.63, 3.8) is 0 Å². The summed E-state index contributed by atoms with van der Waals surface area (Å²) < 4.78 is 30.8. The van der Waals surface area contributed by atoms with Gasteiger partial charge >= 0.3 is 0 Å². The molecule has 27 heavy (non-hydrogen) atoms. The Kier molecular flexibility index (Phi) is 5.99. The number of hydrogen-bond acceptors (Lipinski definition) is 4. The summed E-state index contributed by atoms with van der Waals surface area (Å²) in [7, 11) is -1.97. The van der Waals surface area contributed by atoms with Crippen LogP contribution in [0.1, 0.15) is 27.6 Å². The standard InChI is InChI=1S/C19H19Cl2NO4S/c1-26-17-7-6-13(20)12-15(17)19(23)22-9-8-18(27(24,25)11-10-22)14-4-2-3-5-16(14)21/h2-7,12,18H,8-11H2,1H3. The van der Waals surface area contributed by atoms with Crippen LogP contribution in [0.15, 0.2) is 42.5 Å². The second-order valence-corrected chi connectivity index (χ2v) is 9.45. The Morgan fingerprint density at radius 2 is 1.89 bits per heavy atom. The van der Waals surface area contributed by atoms with Gasteiger partial charge in [-0.2, -0.15) is 0 Å². The van der Waals surface area contributed by atoms with Crippen molar-refractivity contribution in [3.05, 3.63) is 63.6 Å². The van der Waals surface area contributed by atoms with Crippen molar-refractivity contribution in [2.24, 2.45) is 0 Å². The first-order chi connectivity index (χ1) is 12.8. The van der Waals surface area contributed by atoms with Gasteiger partial charge in [-0.05, 0) is 36.2 Å². The Morgan fingerprint density at radius 3 is 2.59 bits per heavy atom. The van der Waals surface area contributed by atoms with E-state index in [0.717, 1.165) is 0 Å². The highest BCUT2D eigenvalue weighted by molar-refractivity contribution is 7.91. The van der Waals surface area contributed by atoms with E-state index in [0.29, 0.717) is 33.5 Å². The maximum Gasteiger partial charge on any atom is 0.257 e. The number of hydrogen-bond donors (Lipinski definition) is 0. The maximum atomic E-state index is 13.0. The highest BCUT2D eigenvalue weighted by Crippen LogP contribution is 2.34. The Morgan fingerprint density at radius 1 is 1.15 bits per heavy atom. The summed E-state index contributed by atoms with van der Waals surface area (Å²) in [6.07, 6.45) is 0.278. The Bertz CT molecular complexity index is 962. The number of halogens is 2. The largest absolute Gasteiger partial charge is 0.496 e. The normalized spacial score (nSPS) is 19.4. The molecule has 1 saturated heterocycles. The van der Waals surface area contributed by atoms with E-state index >= 15 is 0 Å². The van der Waals surface area contributed by atoms with E-state index in [1.807, 2.05) is 0 Å². The minimum absolute atomic E-state index is 0.109. The SMILES string of the molecule is COc1ccc(Cl)cc1C(=O)N1CCC(c2ccccc2Cl)S(=O)(=O)CC1. The van der Waals surface area contributed by atoms with Crippen LogP contribution in [0.2, 0.25) is 10.0 Å². The van der Waals surface area contributed by atoms with E-state index in [2.05, 4.69) is 0 Å². The van der Waals surface area contributed by atoms with Gasteiger partial charge < -0.3 is 9.64 Å². The zero-order valence-electron chi connectivity index (χ0n) is 14.7. The van der Waals surface area contributed by atoms with Crippen molar-refractivity contribution in [2.45, 2.75) is 11.7 Å². The zero-order valence-corrected chi connectivity index (χ0v) is 17.0. The molecular formula is C19H19Cl2NO4S. The fourth-order valence-electron chi connectivity index (χ4n) is 3.25. The fraction of sp³-hybridized carbons (Fsp3) is 0.316. The summed E-state index contributed by atoms with van der Waals surface area (Å²) in [5.41, 5.74) is 0.896. The number of methoxy groups -OCH3 is 1. The lowest BCUT2D eigenvalue weighted by Gasteiger charge is -2.21. The molecule has 0 aliphatic carbocycles. The molecule has 2 aromatic carbocycles. The summed E-state index contributed by atoms with van der Waals surface area (Å²) >= 11 is 12.2. The summed E-state index contributed by atoms with van der Waals surface area (Å²) in [5.74, 6) is -0.0270. The number of carbonyl (C=O) groups is 1. The number of carbonyl (C=O) groups excluding carboxylic acids is 1. The molecule has 1 heterocycles. The van der Waals surface area contributed by atoms with Crippen LogP contribution in [0.5, 0.6) is 5.75 Å². The second-order valence-electron chi connectivity index (χ2n) is 6.30. The van der Waals surface area contributed by atoms with Crippen LogP contribution in [0, 0.1) is 0 Å². The molecule has 0 spiro atoms. The lowest BCUT2D eigenvalue weighted by Crippen LogP contribution is -2.33. The molecule has 0 aromatic heterocycles. The second kappa shape index (κ2) is 8.09. The van der Waals surface area contributed by atoms with Gasteiger partial charge in [0.15, 0.2) is 9.84 Å². The molecule has 0 radical (unpaired) electrons. The van der Waals surface area contributed by atoms with Crippen molar-refractivity contribution in [1.29, 1.82) is 0 Å². The van der Waals surface area contributed by atoms with Gasteiger partial charge in [-0.3, -0.25) is 4.79 Å². The molecule has 1 atom stereocenters. The molecule has 2 aromatic rings. The Labute approximate surface area is 168 Å². The third-order valence-electron chi connectivity index (χ3n) is 4.67. The highest BCUT2D eigenvalue weighted by Gasteiger charge is 2.34. The summed E-state index contributed by atoms with van der Waals surface area (Å²) in [6.45, 7) is 0.404.